The van der Waals surface area contributed by atoms with E-state index in [1.54, 1.807) is 0 Å². The van der Waals surface area contributed by atoms with E-state index >= 15 is 0 Å². The van der Waals surface area contributed by atoms with Gasteiger partial charge in [-0.2, -0.15) is 12.6 Å². The maximum atomic E-state index is 11.5. The molecule has 0 saturated carbocycles. The zero-order valence-corrected chi connectivity index (χ0v) is 10.1. The van der Waals surface area contributed by atoms with Crippen molar-refractivity contribution in [2.45, 2.75) is 37.5 Å². The predicted octanol–water partition coefficient (Wildman–Crippen LogP) is 0.722. The molecule has 1 aliphatic rings. The second kappa shape index (κ2) is 5.75. The minimum atomic E-state index is -0.659. The minimum Gasteiger partial charge on any atom is -0.352 e. The Morgan fingerprint density at radius 2 is 2.14 bits per heavy atom. The third-order valence-electron chi connectivity index (χ3n) is 2.42. The molecule has 1 N–H and O–H groups in total. The summed E-state index contributed by atoms with van der Waals surface area (Å²) in [5.74, 6) is 1.44. The zero-order chi connectivity index (χ0) is 10.6. The molecule has 1 fully saturated rings. The smallest absolute Gasteiger partial charge is 0.233 e. The standard InChI is InChI=1S/C9H17NO2S2/c1-2-8(13)9(11)10-7-3-5-14(12)6-4-7/h7-8,13H,2-6H2,1H3,(H,10,11). The van der Waals surface area contributed by atoms with Crippen LogP contribution in [0.5, 0.6) is 0 Å². The second-order valence-electron chi connectivity index (χ2n) is 3.55. The molecule has 1 unspecified atom stereocenters. The largest absolute Gasteiger partial charge is 0.352 e. The van der Waals surface area contributed by atoms with E-state index in [1.807, 2.05) is 6.92 Å². The summed E-state index contributed by atoms with van der Waals surface area (Å²) in [4.78, 5) is 11.5. The van der Waals surface area contributed by atoms with Crippen LogP contribution in [0.2, 0.25) is 0 Å². The van der Waals surface area contributed by atoms with Crippen molar-refractivity contribution in [2.75, 3.05) is 11.5 Å². The lowest BCUT2D eigenvalue weighted by molar-refractivity contribution is -0.121. The molecule has 1 atom stereocenters. The van der Waals surface area contributed by atoms with Crippen LogP contribution in [0.3, 0.4) is 0 Å². The maximum absolute atomic E-state index is 11.5. The molecule has 1 heterocycles. The first-order valence-electron chi connectivity index (χ1n) is 4.97. The van der Waals surface area contributed by atoms with Crippen molar-refractivity contribution in [1.29, 1.82) is 0 Å². The van der Waals surface area contributed by atoms with Crippen molar-refractivity contribution in [3.63, 3.8) is 0 Å². The molecule has 0 aromatic heterocycles. The van der Waals surface area contributed by atoms with Crippen LogP contribution in [-0.2, 0) is 15.6 Å². The van der Waals surface area contributed by atoms with Gasteiger partial charge in [-0.1, -0.05) is 6.92 Å². The van der Waals surface area contributed by atoms with Crippen LogP contribution in [0.4, 0.5) is 0 Å². The van der Waals surface area contributed by atoms with Gasteiger partial charge in [0, 0.05) is 28.3 Å². The molecule has 0 aromatic carbocycles. The number of amides is 1. The summed E-state index contributed by atoms with van der Waals surface area (Å²) in [7, 11) is -0.659. The van der Waals surface area contributed by atoms with Crippen molar-refractivity contribution >= 4 is 29.3 Å². The zero-order valence-electron chi connectivity index (χ0n) is 8.36. The van der Waals surface area contributed by atoms with Gasteiger partial charge in [-0.05, 0) is 19.3 Å². The van der Waals surface area contributed by atoms with E-state index in [2.05, 4.69) is 17.9 Å². The highest BCUT2D eigenvalue weighted by Crippen LogP contribution is 2.10. The molecule has 0 radical (unpaired) electrons. The molecule has 1 saturated heterocycles. The van der Waals surface area contributed by atoms with Crippen LogP contribution in [0, 0.1) is 0 Å². The van der Waals surface area contributed by atoms with Crippen molar-refractivity contribution in [3.8, 4) is 0 Å². The van der Waals surface area contributed by atoms with E-state index in [0.29, 0.717) is 11.5 Å². The first-order valence-corrected chi connectivity index (χ1v) is 6.97. The van der Waals surface area contributed by atoms with E-state index in [9.17, 15) is 9.00 Å². The summed E-state index contributed by atoms with van der Waals surface area (Å²) in [5, 5.41) is 2.73. The summed E-state index contributed by atoms with van der Waals surface area (Å²) in [5.41, 5.74) is 0. The quantitative estimate of drug-likeness (QED) is 0.708. The average Bonchev–Trinajstić information content (AvgIpc) is 2.20. The third kappa shape index (κ3) is 3.61. The van der Waals surface area contributed by atoms with Gasteiger partial charge in [0.15, 0.2) is 0 Å². The van der Waals surface area contributed by atoms with Crippen molar-refractivity contribution < 1.29 is 9.00 Å². The van der Waals surface area contributed by atoms with Gasteiger partial charge < -0.3 is 5.32 Å². The van der Waals surface area contributed by atoms with Gasteiger partial charge >= 0.3 is 0 Å². The van der Waals surface area contributed by atoms with Gasteiger partial charge in [0.25, 0.3) is 0 Å². The normalized spacial score (nSPS) is 29.6. The lowest BCUT2D eigenvalue weighted by Crippen LogP contribution is -2.42. The Kier molecular flexibility index (Phi) is 4.95. The summed E-state index contributed by atoms with van der Waals surface area (Å²) < 4.78 is 11.1. The number of thiol groups is 1. The summed E-state index contributed by atoms with van der Waals surface area (Å²) in [6.07, 6.45) is 2.42. The number of carbonyl (C=O) groups excluding carboxylic acids is 1. The third-order valence-corrected chi connectivity index (χ3v) is 4.41. The molecule has 14 heavy (non-hydrogen) atoms. The fraction of sp³-hybridized carbons (Fsp3) is 0.889. The van der Waals surface area contributed by atoms with Crippen LogP contribution in [0.15, 0.2) is 0 Å². The number of nitrogens with one attached hydrogen (secondary N) is 1. The number of hydrogen-bond acceptors (Lipinski definition) is 3. The Morgan fingerprint density at radius 1 is 1.57 bits per heavy atom. The number of hydrogen-bond donors (Lipinski definition) is 2. The monoisotopic (exact) mass is 235 g/mol. The van der Waals surface area contributed by atoms with Gasteiger partial charge in [0.1, 0.15) is 0 Å². The topological polar surface area (TPSA) is 46.2 Å². The molecule has 1 amide bonds. The molecule has 5 heteroatoms. The van der Waals surface area contributed by atoms with Gasteiger partial charge in [-0.3, -0.25) is 9.00 Å². The Morgan fingerprint density at radius 3 is 2.64 bits per heavy atom. The van der Waals surface area contributed by atoms with Crippen LogP contribution < -0.4 is 5.32 Å². The van der Waals surface area contributed by atoms with E-state index < -0.39 is 10.8 Å². The number of rotatable bonds is 3. The van der Waals surface area contributed by atoms with E-state index in [1.165, 1.54) is 0 Å². The lowest BCUT2D eigenvalue weighted by atomic mass is 10.1. The Balaban J connectivity index is 2.30. The first-order chi connectivity index (χ1) is 6.63. The minimum absolute atomic E-state index is 0.00788. The molecule has 1 aliphatic heterocycles. The van der Waals surface area contributed by atoms with Crippen LogP contribution >= 0.6 is 12.6 Å². The van der Waals surface area contributed by atoms with Crippen LogP contribution in [0.1, 0.15) is 26.2 Å². The molecule has 1 rings (SSSR count). The second-order valence-corrected chi connectivity index (χ2v) is 5.87. The Hall–Kier alpha value is -0.0300. The van der Waals surface area contributed by atoms with E-state index in [0.717, 1.165) is 19.3 Å². The van der Waals surface area contributed by atoms with Crippen molar-refractivity contribution in [3.05, 3.63) is 0 Å². The lowest BCUT2D eigenvalue weighted by Gasteiger charge is -2.23. The van der Waals surface area contributed by atoms with Crippen molar-refractivity contribution in [1.82, 2.24) is 5.32 Å². The molecular formula is C9H17NO2S2. The molecule has 0 aliphatic carbocycles. The molecule has 0 bridgehead atoms. The summed E-state index contributed by atoms with van der Waals surface area (Å²) >= 11 is 4.17. The maximum Gasteiger partial charge on any atom is 0.233 e. The molecular weight excluding hydrogens is 218 g/mol. The van der Waals surface area contributed by atoms with Gasteiger partial charge in [-0.15, -0.1) is 0 Å². The summed E-state index contributed by atoms with van der Waals surface area (Å²) in [6, 6.07) is 0.210. The molecule has 0 spiro atoms. The number of carbonyl (C=O) groups is 1. The SMILES string of the molecule is CCC(S)C(=O)NC1CCS(=O)CC1. The van der Waals surface area contributed by atoms with E-state index in [-0.39, 0.29) is 17.2 Å². The van der Waals surface area contributed by atoms with Gasteiger partial charge in [0.2, 0.25) is 5.91 Å². The highest BCUT2D eigenvalue weighted by molar-refractivity contribution is 7.85. The fourth-order valence-corrected chi connectivity index (χ4v) is 2.79. The Bertz CT molecular complexity index is 223. The van der Waals surface area contributed by atoms with Crippen LogP contribution in [-0.4, -0.2) is 32.9 Å². The first kappa shape index (κ1) is 12.0. The van der Waals surface area contributed by atoms with Gasteiger partial charge in [0.05, 0.1) is 5.25 Å². The fourth-order valence-electron chi connectivity index (χ4n) is 1.42. The average molecular weight is 235 g/mol. The van der Waals surface area contributed by atoms with Crippen molar-refractivity contribution in [2.24, 2.45) is 0 Å². The molecule has 82 valence electrons. The molecule has 3 nitrogen and oxygen atoms in total. The predicted molar refractivity (Wildman–Crippen MR) is 62.1 cm³/mol. The van der Waals surface area contributed by atoms with Crippen LogP contribution in [0.25, 0.3) is 0 Å². The Labute approximate surface area is 92.9 Å². The summed E-state index contributed by atoms with van der Waals surface area (Å²) in [6.45, 7) is 1.94. The highest BCUT2D eigenvalue weighted by atomic mass is 32.2. The highest BCUT2D eigenvalue weighted by Gasteiger charge is 2.21. The van der Waals surface area contributed by atoms with E-state index in [4.69, 9.17) is 0 Å². The van der Waals surface area contributed by atoms with Gasteiger partial charge in [-0.25, -0.2) is 0 Å². The molecule has 0 aromatic rings.